The minimum atomic E-state index is -5.43. The first-order valence-corrected chi connectivity index (χ1v) is 15.4. The number of rotatable bonds is 23. The van der Waals surface area contributed by atoms with Gasteiger partial charge in [-0.05, 0) is 51.4 Å². The molecule has 0 unspecified atom stereocenters. The second kappa shape index (κ2) is 22.0. The number of hydrogen-bond acceptors (Lipinski definition) is 6. The van der Waals surface area contributed by atoms with E-state index in [1.54, 1.807) is 0 Å². The van der Waals surface area contributed by atoms with Crippen LogP contribution in [-0.2, 0) is 28.7 Å². The van der Waals surface area contributed by atoms with Crippen molar-refractivity contribution in [3.8, 4) is 0 Å². The quantitative estimate of drug-likeness (QED) is 0.108. The van der Waals surface area contributed by atoms with Gasteiger partial charge in [0.15, 0.2) is 0 Å². The smallest absolute Gasteiger partial charge is 0.385 e. The fraction of sp³-hybridized carbons (Fsp3) is 0.857. The number of ether oxygens (including phenoxy) is 2. The Hall–Kier alpha value is -3.04. The summed E-state index contributed by atoms with van der Waals surface area (Å²) in [5.41, 5.74) is 0. The van der Waals surface area contributed by atoms with Gasteiger partial charge in [-0.1, -0.05) is 0 Å². The van der Waals surface area contributed by atoms with Gasteiger partial charge in [0.2, 0.25) is 0 Å². The molecule has 0 atom stereocenters. The van der Waals surface area contributed by atoms with Crippen molar-refractivity contribution in [2.75, 3.05) is 79.8 Å². The van der Waals surface area contributed by atoms with Crippen molar-refractivity contribution in [3.63, 3.8) is 0 Å². The lowest BCUT2D eigenvalue weighted by molar-refractivity contribution is -0.187. The maximum absolute atomic E-state index is 13.2. The van der Waals surface area contributed by atoms with Crippen LogP contribution in [0.25, 0.3) is 0 Å². The van der Waals surface area contributed by atoms with Crippen LogP contribution in [0.15, 0.2) is 0 Å². The lowest BCUT2D eigenvalue weighted by Gasteiger charge is -2.28. The molecular formula is C28H42F12N4O6. The zero-order valence-electron chi connectivity index (χ0n) is 27.5. The van der Waals surface area contributed by atoms with E-state index >= 15 is 0 Å². The van der Waals surface area contributed by atoms with Crippen LogP contribution >= 0.6 is 0 Å². The van der Waals surface area contributed by atoms with Gasteiger partial charge in [0.1, 0.15) is 0 Å². The Kier molecular flexibility index (Phi) is 20.7. The molecule has 0 N–H and O–H groups in total. The summed E-state index contributed by atoms with van der Waals surface area (Å²) in [4.78, 5) is 48.7. The van der Waals surface area contributed by atoms with Gasteiger partial charge in [0.25, 0.3) is 0 Å². The van der Waals surface area contributed by atoms with Crippen LogP contribution in [-0.4, -0.2) is 148 Å². The van der Waals surface area contributed by atoms with Gasteiger partial charge in [0, 0.05) is 79.8 Å². The Morgan fingerprint density at radius 1 is 0.360 bits per heavy atom. The molecule has 22 heteroatoms. The summed E-state index contributed by atoms with van der Waals surface area (Å²) in [7, 11) is 2.67. The molecule has 294 valence electrons. The van der Waals surface area contributed by atoms with E-state index < -0.39 is 126 Å². The average molecular weight is 759 g/mol. The maximum atomic E-state index is 13.2. The summed E-state index contributed by atoms with van der Waals surface area (Å²) < 4.78 is 167. The molecule has 0 saturated carbocycles. The Morgan fingerprint density at radius 2 is 0.540 bits per heavy atom. The first kappa shape index (κ1) is 47.0. The van der Waals surface area contributed by atoms with E-state index in [4.69, 9.17) is 9.47 Å². The Balaban J connectivity index is 5.52. The zero-order chi connectivity index (χ0) is 38.8. The lowest BCUT2D eigenvalue weighted by Crippen LogP contribution is -2.46. The number of carbonyl (C=O) groups excluding carboxylic acids is 4. The third-order valence-electron chi connectivity index (χ3n) is 6.99. The molecule has 10 nitrogen and oxygen atoms in total. The first-order valence-electron chi connectivity index (χ1n) is 15.4. The molecule has 0 aliphatic rings. The number of nitrogens with zero attached hydrogens (tertiary/aromatic N) is 4. The molecule has 0 aliphatic carbocycles. The number of methoxy groups -OCH3 is 2. The number of carbonyl (C=O) groups is 4. The van der Waals surface area contributed by atoms with Crippen LogP contribution in [0.5, 0.6) is 0 Å². The molecular weight excluding hydrogens is 716 g/mol. The molecule has 0 aromatic rings. The van der Waals surface area contributed by atoms with E-state index in [1.165, 1.54) is 14.2 Å². The highest BCUT2D eigenvalue weighted by Crippen LogP contribution is 2.23. The van der Waals surface area contributed by atoms with Gasteiger partial charge < -0.3 is 29.1 Å². The second-order valence-electron chi connectivity index (χ2n) is 11.0. The third kappa shape index (κ3) is 18.8. The summed E-state index contributed by atoms with van der Waals surface area (Å²) in [6.45, 7) is -4.90. The first-order chi connectivity index (χ1) is 23.0. The molecule has 4 amide bonds. The number of amides is 4. The van der Waals surface area contributed by atoms with Crippen molar-refractivity contribution in [1.82, 2.24) is 19.6 Å². The van der Waals surface area contributed by atoms with E-state index in [0.29, 0.717) is 9.80 Å². The number of halogens is 12. The van der Waals surface area contributed by atoms with Crippen molar-refractivity contribution in [2.24, 2.45) is 0 Å². The molecule has 0 rings (SSSR count). The summed E-state index contributed by atoms with van der Waals surface area (Å²) in [6.07, 6.45) is -22.6. The van der Waals surface area contributed by atoms with Crippen LogP contribution in [0.2, 0.25) is 0 Å². The van der Waals surface area contributed by atoms with Crippen molar-refractivity contribution < 1.29 is 81.3 Å². The Morgan fingerprint density at radius 3 is 0.720 bits per heavy atom. The van der Waals surface area contributed by atoms with Crippen molar-refractivity contribution in [2.45, 2.75) is 76.1 Å². The van der Waals surface area contributed by atoms with Gasteiger partial charge >= 0.3 is 48.3 Å². The fourth-order valence-electron chi connectivity index (χ4n) is 4.59. The van der Waals surface area contributed by atoms with E-state index in [-0.39, 0.29) is 48.7 Å². The largest absolute Gasteiger partial charge is 0.471 e. The summed E-state index contributed by atoms with van der Waals surface area (Å²) in [6, 6.07) is 0. The molecule has 0 saturated heterocycles. The molecule has 0 radical (unpaired) electrons. The van der Waals surface area contributed by atoms with Crippen LogP contribution in [0.3, 0.4) is 0 Å². The second-order valence-corrected chi connectivity index (χ2v) is 11.0. The molecule has 0 fully saturated rings. The molecule has 50 heavy (non-hydrogen) atoms. The molecule has 0 bridgehead atoms. The highest BCUT2D eigenvalue weighted by molar-refractivity contribution is 5.83. The van der Waals surface area contributed by atoms with Crippen LogP contribution < -0.4 is 0 Å². The Bertz CT molecular complexity index is 959. The normalized spacial score (nSPS) is 12.5. The summed E-state index contributed by atoms with van der Waals surface area (Å²) in [5.74, 6) is -9.27. The van der Waals surface area contributed by atoms with E-state index in [9.17, 15) is 71.9 Å². The van der Waals surface area contributed by atoms with Crippen LogP contribution in [0.1, 0.15) is 51.4 Å². The van der Waals surface area contributed by atoms with Gasteiger partial charge in [0.05, 0.1) is 0 Å². The zero-order valence-corrected chi connectivity index (χ0v) is 27.5. The average Bonchev–Trinajstić information content (AvgIpc) is 3.00. The molecule has 0 spiro atoms. The van der Waals surface area contributed by atoms with Gasteiger partial charge in [-0.25, -0.2) is 0 Å². The lowest BCUT2D eigenvalue weighted by atomic mass is 10.2. The van der Waals surface area contributed by atoms with Crippen LogP contribution in [0.4, 0.5) is 52.7 Å². The minimum Gasteiger partial charge on any atom is -0.385 e. The third-order valence-corrected chi connectivity index (χ3v) is 6.99. The van der Waals surface area contributed by atoms with E-state index in [1.807, 2.05) is 0 Å². The van der Waals surface area contributed by atoms with Gasteiger partial charge in [-0.2, -0.15) is 52.7 Å². The fourth-order valence-corrected chi connectivity index (χ4v) is 4.59. The number of unbranched alkanes of at least 4 members (excludes halogenated alkanes) is 3. The standard InChI is InChI=1S/C28H42F12N4O6/c1-49-19-7-5-13-43(23(47)27(35,36)37)17-9-15-41(21(45)25(29,30)31)11-3-4-12-42(22(46)26(32,33)34)16-10-18-44(14-6-8-20-50-2)24(48)28(38,39)40/h3-20H2,1-2H3. The van der Waals surface area contributed by atoms with Crippen molar-refractivity contribution >= 4 is 23.6 Å². The predicted octanol–water partition coefficient (Wildman–Crippen LogP) is 4.96. The van der Waals surface area contributed by atoms with Gasteiger partial charge in [-0.3, -0.25) is 19.2 Å². The number of alkyl halides is 12. The molecule has 0 aliphatic heterocycles. The highest BCUT2D eigenvalue weighted by atomic mass is 19.4. The minimum absolute atomic E-state index is 0.0685. The molecule has 0 aromatic carbocycles. The van der Waals surface area contributed by atoms with E-state index in [2.05, 4.69) is 0 Å². The maximum Gasteiger partial charge on any atom is 0.471 e. The van der Waals surface area contributed by atoms with E-state index in [0.717, 1.165) is 0 Å². The monoisotopic (exact) mass is 758 g/mol. The highest BCUT2D eigenvalue weighted by Gasteiger charge is 2.45. The van der Waals surface area contributed by atoms with Crippen molar-refractivity contribution in [1.29, 1.82) is 0 Å². The summed E-state index contributed by atoms with van der Waals surface area (Å²) >= 11 is 0. The summed E-state index contributed by atoms with van der Waals surface area (Å²) in [5, 5.41) is 0. The topological polar surface area (TPSA) is 99.7 Å². The predicted molar refractivity (Wildman–Crippen MR) is 151 cm³/mol. The number of hydrogen-bond donors (Lipinski definition) is 0. The van der Waals surface area contributed by atoms with Gasteiger partial charge in [-0.15, -0.1) is 0 Å². The van der Waals surface area contributed by atoms with Crippen molar-refractivity contribution in [3.05, 3.63) is 0 Å². The van der Waals surface area contributed by atoms with Crippen LogP contribution in [0, 0.1) is 0 Å². The molecule has 0 heterocycles. The molecule has 0 aromatic heterocycles. The SMILES string of the molecule is COCCCCN(CCCN(CCCCN(CCCN(CCCCOC)C(=O)C(F)(F)F)C(=O)C(F)(F)F)C(=O)C(F)(F)F)C(=O)C(F)(F)F. The Labute approximate surface area is 280 Å².